The predicted octanol–water partition coefficient (Wildman–Crippen LogP) is 4.33. The molecular weight excluding hydrogens is 739 g/mol. The Bertz CT molecular complexity index is 2720. The highest BCUT2D eigenvalue weighted by Crippen LogP contribution is 2.32. The van der Waals surface area contributed by atoms with E-state index >= 15 is 0 Å². The molecule has 266 valence electrons. The van der Waals surface area contributed by atoms with Gasteiger partial charge in [0.25, 0.3) is 30.4 Å². The lowest BCUT2D eigenvalue weighted by Gasteiger charge is -2.18. The smallest absolute Gasteiger partial charge is 0.296 e. The van der Waals surface area contributed by atoms with E-state index in [1.165, 1.54) is 43.3 Å². The third-order valence-electron chi connectivity index (χ3n) is 7.75. The molecule has 0 saturated carbocycles. The van der Waals surface area contributed by atoms with Gasteiger partial charge >= 0.3 is 0 Å². The van der Waals surface area contributed by atoms with Crippen molar-refractivity contribution in [2.45, 2.75) is 16.7 Å². The zero-order chi connectivity index (χ0) is 37.6. The summed E-state index contributed by atoms with van der Waals surface area (Å²) in [5.74, 6) is -1.63. The lowest BCUT2D eigenvalue weighted by molar-refractivity contribution is -0.108. The van der Waals surface area contributed by atoms with E-state index in [1.54, 1.807) is 18.2 Å². The first-order chi connectivity index (χ1) is 24.4. The van der Waals surface area contributed by atoms with Crippen LogP contribution in [0.3, 0.4) is 0 Å². The van der Waals surface area contributed by atoms with Crippen LogP contribution in [0.4, 0.5) is 17.1 Å². The Morgan fingerprint density at radius 2 is 1.33 bits per heavy atom. The van der Waals surface area contributed by atoms with Crippen LogP contribution in [-0.2, 0) is 35.1 Å². The standard InChI is InChI=1S/C33H25N5O11S3/c1-18-12-27(28(39)17-26(18)36-35-22-15-25-24(30(16-22)51(44,45)46)8-5-9-29(25)50(41,42)43)37-38-32-31(52(47,48)49)14-19-13-21(10-11-23(19)33(32)40)34-20-6-3-2-4-7-20/h2-17,34-36H,1H3,(H,41,42,43)(H,44,45,46)(H,47,48,49). The van der Waals surface area contributed by atoms with Gasteiger partial charge in [0.1, 0.15) is 20.4 Å². The number of carbonyl (C=O) groups excluding carboxylic acids is 2. The van der Waals surface area contributed by atoms with Crippen LogP contribution < -0.4 is 16.2 Å². The number of nitrogens with zero attached hydrogens (tertiary/aromatic N) is 2. The zero-order valence-electron chi connectivity index (χ0n) is 26.5. The maximum absolute atomic E-state index is 13.4. The van der Waals surface area contributed by atoms with Crippen molar-refractivity contribution in [3.05, 3.63) is 118 Å². The molecule has 4 aromatic rings. The maximum Gasteiger partial charge on any atom is 0.296 e. The van der Waals surface area contributed by atoms with Crippen LogP contribution in [0, 0.1) is 0 Å². The van der Waals surface area contributed by atoms with E-state index in [9.17, 15) is 48.5 Å². The number of Topliss-reactive ketones (excluding diaryl/α,β-unsaturated/α-hetero) is 1. The van der Waals surface area contributed by atoms with Crippen molar-refractivity contribution < 1.29 is 48.5 Å². The summed E-state index contributed by atoms with van der Waals surface area (Å²) < 4.78 is 102. The molecule has 0 fully saturated rings. The largest absolute Gasteiger partial charge is 0.356 e. The number of allylic oxidation sites excluding steroid dienone is 4. The van der Waals surface area contributed by atoms with E-state index in [-0.39, 0.29) is 39.0 Å². The number of ketones is 2. The van der Waals surface area contributed by atoms with Crippen molar-refractivity contribution in [3.8, 4) is 0 Å². The Labute approximate surface area is 296 Å². The van der Waals surface area contributed by atoms with Crippen LogP contribution >= 0.6 is 0 Å². The third-order valence-corrected chi connectivity index (χ3v) is 10.4. The van der Waals surface area contributed by atoms with Crippen LogP contribution in [0.15, 0.2) is 127 Å². The molecule has 0 bridgehead atoms. The molecular formula is C33H25N5O11S3. The van der Waals surface area contributed by atoms with Crippen LogP contribution in [0.1, 0.15) is 22.8 Å². The normalized spacial score (nSPS) is 16.7. The zero-order valence-corrected chi connectivity index (χ0v) is 28.9. The molecule has 0 amide bonds. The Balaban J connectivity index is 1.27. The van der Waals surface area contributed by atoms with Gasteiger partial charge in [-0.2, -0.15) is 25.3 Å². The average molecular weight is 764 g/mol. The SMILES string of the molecule is CC1=CC(=NN=C2C(=O)c3ccc(Nc4ccccc4)cc3C=C2S(=O)(=O)O)C(=O)C=C1NNc1cc(S(=O)(=O)O)c2cccc(S(=O)(=O)O)c2c1. The number of rotatable bonds is 9. The quantitative estimate of drug-likeness (QED) is 0.0788. The summed E-state index contributed by atoms with van der Waals surface area (Å²) in [5, 5.41) is 10.3. The molecule has 0 atom stereocenters. The number of carbonyl (C=O) groups is 2. The van der Waals surface area contributed by atoms with Crippen molar-refractivity contribution in [1.82, 2.24) is 5.43 Å². The Morgan fingerprint density at radius 3 is 2.00 bits per heavy atom. The fraction of sp³-hybridized carbons (Fsp3) is 0.0303. The van der Waals surface area contributed by atoms with Crippen LogP contribution in [0.5, 0.6) is 0 Å². The van der Waals surface area contributed by atoms with E-state index in [4.69, 9.17) is 0 Å². The van der Waals surface area contributed by atoms with Gasteiger partial charge in [-0.05, 0) is 78.7 Å². The van der Waals surface area contributed by atoms with Gasteiger partial charge in [0.15, 0.2) is 5.71 Å². The molecule has 0 radical (unpaired) electrons. The monoisotopic (exact) mass is 763 g/mol. The Morgan fingerprint density at radius 1 is 0.615 bits per heavy atom. The number of hydrogen-bond donors (Lipinski definition) is 6. The minimum Gasteiger partial charge on any atom is -0.356 e. The number of fused-ring (bicyclic) bond motifs is 2. The second-order valence-corrected chi connectivity index (χ2v) is 15.5. The van der Waals surface area contributed by atoms with E-state index in [1.807, 2.05) is 18.2 Å². The predicted molar refractivity (Wildman–Crippen MR) is 192 cm³/mol. The van der Waals surface area contributed by atoms with Crippen molar-refractivity contribution in [2.24, 2.45) is 10.2 Å². The molecule has 4 aromatic carbocycles. The Hall–Kier alpha value is -5.83. The number of benzene rings is 4. The molecule has 6 rings (SSSR count). The van der Waals surface area contributed by atoms with Gasteiger partial charge in [-0.3, -0.25) is 23.2 Å². The van der Waals surface area contributed by atoms with Gasteiger partial charge in [-0.15, -0.1) is 10.2 Å². The first-order valence-electron chi connectivity index (χ1n) is 14.7. The first kappa shape index (κ1) is 36.0. The highest BCUT2D eigenvalue weighted by Gasteiger charge is 2.33. The number of nitrogens with one attached hydrogen (secondary N) is 3. The van der Waals surface area contributed by atoms with Gasteiger partial charge in [-0.1, -0.05) is 30.3 Å². The molecule has 52 heavy (non-hydrogen) atoms. The van der Waals surface area contributed by atoms with Crippen LogP contribution in [0.25, 0.3) is 16.8 Å². The van der Waals surface area contributed by atoms with Crippen LogP contribution in [0.2, 0.25) is 0 Å². The minimum atomic E-state index is -4.99. The summed E-state index contributed by atoms with van der Waals surface area (Å²) >= 11 is 0. The van der Waals surface area contributed by atoms with Gasteiger partial charge in [-0.25, -0.2) is 0 Å². The van der Waals surface area contributed by atoms with Crippen molar-refractivity contribution >= 4 is 87.3 Å². The molecule has 2 aliphatic carbocycles. The van der Waals surface area contributed by atoms with Crippen molar-refractivity contribution in [2.75, 3.05) is 10.7 Å². The van der Waals surface area contributed by atoms with E-state index in [0.29, 0.717) is 11.3 Å². The maximum atomic E-state index is 13.4. The topological polar surface area (TPSA) is 258 Å². The van der Waals surface area contributed by atoms with E-state index in [2.05, 4.69) is 26.4 Å². The number of para-hydroxylation sites is 1. The number of hydrazine groups is 1. The molecule has 6 N–H and O–H groups in total. The highest BCUT2D eigenvalue weighted by atomic mass is 32.2. The third kappa shape index (κ3) is 7.44. The summed E-state index contributed by atoms with van der Waals surface area (Å²) in [4.78, 5) is 24.3. The second kappa shape index (κ2) is 13.4. The van der Waals surface area contributed by atoms with Crippen LogP contribution in [-0.4, -0.2) is 61.9 Å². The highest BCUT2D eigenvalue weighted by molar-refractivity contribution is 7.91. The van der Waals surface area contributed by atoms with Crippen molar-refractivity contribution in [1.29, 1.82) is 0 Å². The molecule has 0 aromatic heterocycles. The number of anilines is 3. The molecule has 0 unspecified atom stereocenters. The molecule has 0 heterocycles. The molecule has 0 aliphatic heterocycles. The Kier molecular flexibility index (Phi) is 9.25. The van der Waals surface area contributed by atoms with Gasteiger partial charge in [0.2, 0.25) is 11.6 Å². The summed E-state index contributed by atoms with van der Waals surface area (Å²) in [6.07, 6.45) is 3.36. The molecule has 0 spiro atoms. The molecule has 19 heteroatoms. The lowest BCUT2D eigenvalue weighted by atomic mass is 9.94. The molecule has 16 nitrogen and oxygen atoms in total. The lowest BCUT2D eigenvalue weighted by Crippen LogP contribution is -2.27. The van der Waals surface area contributed by atoms with Crippen molar-refractivity contribution in [3.63, 3.8) is 0 Å². The summed E-state index contributed by atoms with van der Waals surface area (Å²) in [7, 11) is -14.7. The first-order valence-corrected chi connectivity index (χ1v) is 19.1. The molecule has 2 aliphatic rings. The van der Waals surface area contributed by atoms with Gasteiger partial charge < -0.3 is 16.2 Å². The minimum absolute atomic E-state index is 0.0682. The van der Waals surface area contributed by atoms with E-state index in [0.717, 1.165) is 30.0 Å². The summed E-state index contributed by atoms with van der Waals surface area (Å²) in [5.41, 5.74) is 6.14. The van der Waals surface area contributed by atoms with Gasteiger partial charge in [0, 0.05) is 33.8 Å². The fourth-order valence-corrected chi connectivity index (χ4v) is 7.44. The average Bonchev–Trinajstić information content (AvgIpc) is 3.06. The summed E-state index contributed by atoms with van der Waals surface area (Å²) in [6.45, 7) is 1.53. The summed E-state index contributed by atoms with van der Waals surface area (Å²) in [6, 6.07) is 19.3. The second-order valence-electron chi connectivity index (χ2n) is 11.3. The molecule has 0 saturated heterocycles. The number of hydrogen-bond acceptors (Lipinski definition) is 13. The van der Waals surface area contributed by atoms with Gasteiger partial charge in [0.05, 0.1) is 11.4 Å². The fourth-order valence-electron chi connectivity index (χ4n) is 5.36. The van der Waals surface area contributed by atoms with E-state index < -0.39 is 62.3 Å².